The highest BCUT2D eigenvalue weighted by Crippen LogP contribution is 2.38. The molecule has 2 fully saturated rings. The number of pyridine rings is 1. The molecule has 2 amide bonds. The van der Waals surface area contributed by atoms with Crippen LogP contribution in [0.1, 0.15) is 45.7 Å². The van der Waals surface area contributed by atoms with Gasteiger partial charge in [-0.2, -0.15) is 0 Å². The highest BCUT2D eigenvalue weighted by atomic mass is 35.5. The number of benzene rings is 1. The van der Waals surface area contributed by atoms with Crippen LogP contribution in [0, 0.1) is 5.82 Å². The van der Waals surface area contributed by atoms with Gasteiger partial charge in [0.1, 0.15) is 11.4 Å². The third kappa shape index (κ3) is 3.19. The van der Waals surface area contributed by atoms with Gasteiger partial charge in [-0.15, -0.1) is 0 Å². The molecular weight excluding hydrogens is 429 g/mol. The molecule has 3 aliphatic rings. The topological polar surface area (TPSA) is 101 Å². The largest absolute Gasteiger partial charge is 0.503 e. The number of fused-ring (bicyclic) bond motifs is 5. The van der Waals surface area contributed by atoms with Gasteiger partial charge in [0.25, 0.3) is 11.8 Å². The summed E-state index contributed by atoms with van der Waals surface area (Å²) in [4.78, 5) is 39.9. The van der Waals surface area contributed by atoms with Crippen molar-refractivity contribution in [2.45, 2.75) is 50.7 Å². The van der Waals surface area contributed by atoms with Crippen LogP contribution in [0.5, 0.6) is 5.75 Å². The van der Waals surface area contributed by atoms with E-state index < -0.39 is 35.0 Å². The van der Waals surface area contributed by atoms with Crippen molar-refractivity contribution in [2.24, 2.45) is 0 Å². The minimum absolute atomic E-state index is 0.0232. The molecule has 2 aromatic rings. The molecule has 0 spiro atoms. The maximum atomic E-state index is 14.0. The molecule has 1 saturated carbocycles. The van der Waals surface area contributed by atoms with Gasteiger partial charge in [0.2, 0.25) is 5.43 Å². The number of aromatic hydroxyl groups is 1. The Hall–Kier alpha value is -2.91. The van der Waals surface area contributed by atoms with Crippen LogP contribution in [0.15, 0.2) is 29.2 Å². The lowest BCUT2D eigenvalue weighted by Crippen LogP contribution is -2.57. The fraction of sp³-hybridized carbons (Fsp3) is 0.381. The zero-order chi connectivity index (χ0) is 21.9. The molecular formula is C21H19ClFN3O5. The molecule has 2 bridgehead atoms. The third-order valence-electron chi connectivity index (χ3n) is 6.17. The number of halogens is 2. The predicted molar refractivity (Wildman–Crippen MR) is 107 cm³/mol. The number of hydrogen-bond donors (Lipinski definition) is 2. The van der Waals surface area contributed by atoms with E-state index >= 15 is 0 Å². The molecule has 3 heterocycles. The van der Waals surface area contributed by atoms with Crippen molar-refractivity contribution in [1.29, 1.82) is 0 Å². The van der Waals surface area contributed by atoms with Crippen molar-refractivity contribution < 1.29 is 23.8 Å². The second-order valence-electron chi connectivity index (χ2n) is 8.01. The Balaban J connectivity index is 1.44. The maximum absolute atomic E-state index is 14.0. The van der Waals surface area contributed by atoms with Crippen molar-refractivity contribution in [3.63, 3.8) is 0 Å². The summed E-state index contributed by atoms with van der Waals surface area (Å²) in [5.41, 5.74) is -1.29. The summed E-state index contributed by atoms with van der Waals surface area (Å²) in [5, 5.41) is 12.9. The summed E-state index contributed by atoms with van der Waals surface area (Å²) in [7, 11) is 0. The van der Waals surface area contributed by atoms with Crippen LogP contribution in [0.4, 0.5) is 4.39 Å². The molecule has 2 N–H and O–H groups in total. The van der Waals surface area contributed by atoms with Gasteiger partial charge < -0.3 is 24.6 Å². The number of aromatic nitrogens is 1. The van der Waals surface area contributed by atoms with Gasteiger partial charge in [-0.3, -0.25) is 14.4 Å². The monoisotopic (exact) mass is 447 g/mol. The van der Waals surface area contributed by atoms with E-state index in [2.05, 4.69) is 5.32 Å². The van der Waals surface area contributed by atoms with Crippen molar-refractivity contribution in [3.8, 4) is 5.75 Å². The fourth-order valence-electron chi connectivity index (χ4n) is 4.67. The zero-order valence-corrected chi connectivity index (χ0v) is 17.1. The molecule has 1 saturated heterocycles. The Kier molecular flexibility index (Phi) is 4.75. The first-order chi connectivity index (χ1) is 14.8. The lowest BCUT2D eigenvalue weighted by Gasteiger charge is -2.44. The van der Waals surface area contributed by atoms with Gasteiger partial charge in [0.15, 0.2) is 17.7 Å². The first-order valence-corrected chi connectivity index (χ1v) is 10.4. The molecule has 1 aliphatic carbocycles. The van der Waals surface area contributed by atoms with Gasteiger partial charge in [0.05, 0.1) is 17.7 Å². The molecule has 5 rings (SSSR count). The van der Waals surface area contributed by atoms with E-state index in [0.29, 0.717) is 0 Å². The normalized spacial score (nSPS) is 24.0. The van der Waals surface area contributed by atoms with E-state index in [-0.39, 0.29) is 47.1 Å². The number of hydrogen-bond acceptors (Lipinski definition) is 5. The predicted octanol–water partition coefficient (Wildman–Crippen LogP) is 2.01. The van der Waals surface area contributed by atoms with Crippen LogP contribution < -0.4 is 10.7 Å². The molecule has 31 heavy (non-hydrogen) atoms. The van der Waals surface area contributed by atoms with Crippen LogP contribution in [-0.2, 0) is 17.8 Å². The van der Waals surface area contributed by atoms with E-state index in [1.807, 2.05) is 0 Å². The highest BCUT2D eigenvalue weighted by Gasteiger charge is 2.47. The van der Waals surface area contributed by atoms with Crippen LogP contribution in [0.2, 0.25) is 5.02 Å². The summed E-state index contributed by atoms with van der Waals surface area (Å²) >= 11 is 5.74. The summed E-state index contributed by atoms with van der Waals surface area (Å²) in [6.45, 7) is 0.0000983. The standard InChI is InChI=1S/C21H19ClFN3O5/c22-14-3-1-2-10(16(14)23)7-24-20(29)13-8-25-9-15-26(11-4-5-12(6-11)31-15)21(30)17(25)19(28)18(13)27/h1-3,8,11-12,15,28H,4-7,9H2,(H,24,29). The molecule has 2 aliphatic heterocycles. The number of nitrogens with zero attached hydrogens (tertiary/aromatic N) is 2. The Morgan fingerprint density at radius 2 is 2.13 bits per heavy atom. The first kappa shape index (κ1) is 20.0. The van der Waals surface area contributed by atoms with Crippen molar-refractivity contribution >= 4 is 23.4 Å². The maximum Gasteiger partial charge on any atom is 0.276 e. The van der Waals surface area contributed by atoms with Gasteiger partial charge in [-0.1, -0.05) is 23.7 Å². The molecule has 1 aromatic heterocycles. The quantitative estimate of drug-likeness (QED) is 0.749. The smallest absolute Gasteiger partial charge is 0.276 e. The zero-order valence-electron chi connectivity index (χ0n) is 16.3. The summed E-state index contributed by atoms with van der Waals surface area (Å²) < 4.78 is 21.4. The second kappa shape index (κ2) is 7.35. The third-order valence-corrected chi connectivity index (χ3v) is 6.46. The molecule has 0 radical (unpaired) electrons. The lowest BCUT2D eigenvalue weighted by atomic mass is 10.1. The molecule has 3 atom stereocenters. The van der Waals surface area contributed by atoms with Crippen LogP contribution >= 0.6 is 11.6 Å². The van der Waals surface area contributed by atoms with Crippen LogP contribution in [0.3, 0.4) is 0 Å². The van der Waals surface area contributed by atoms with Crippen molar-refractivity contribution in [2.75, 3.05) is 0 Å². The minimum Gasteiger partial charge on any atom is -0.503 e. The Morgan fingerprint density at radius 3 is 2.94 bits per heavy atom. The summed E-state index contributed by atoms with van der Waals surface area (Å²) in [5.74, 6) is -2.71. The molecule has 3 unspecified atom stereocenters. The summed E-state index contributed by atoms with van der Waals surface area (Å²) in [6, 6.07) is 4.41. The fourth-order valence-corrected chi connectivity index (χ4v) is 4.86. The second-order valence-corrected chi connectivity index (χ2v) is 8.42. The number of ether oxygens (including phenoxy) is 1. The molecule has 10 heteroatoms. The average molecular weight is 448 g/mol. The van der Waals surface area contributed by atoms with E-state index in [1.54, 1.807) is 11.0 Å². The Morgan fingerprint density at radius 1 is 1.32 bits per heavy atom. The van der Waals surface area contributed by atoms with Crippen molar-refractivity contribution in [3.05, 3.63) is 62.3 Å². The first-order valence-electron chi connectivity index (χ1n) is 10.0. The van der Waals surface area contributed by atoms with Gasteiger partial charge >= 0.3 is 0 Å². The highest BCUT2D eigenvalue weighted by molar-refractivity contribution is 6.30. The van der Waals surface area contributed by atoms with Gasteiger partial charge in [-0.05, 0) is 25.3 Å². The number of amides is 2. The number of rotatable bonds is 3. The lowest BCUT2D eigenvalue weighted by molar-refractivity contribution is -0.132. The van der Waals surface area contributed by atoms with E-state index in [0.717, 1.165) is 19.3 Å². The van der Waals surface area contributed by atoms with Crippen LogP contribution in [0.25, 0.3) is 0 Å². The molecule has 1 aromatic carbocycles. The van der Waals surface area contributed by atoms with Crippen molar-refractivity contribution in [1.82, 2.24) is 14.8 Å². The van der Waals surface area contributed by atoms with Gasteiger partial charge in [-0.25, -0.2) is 4.39 Å². The molecule has 162 valence electrons. The Labute approximate surface area is 181 Å². The van der Waals surface area contributed by atoms with Gasteiger partial charge in [0, 0.05) is 24.3 Å². The number of carbonyl (C=O) groups is 2. The SMILES string of the molecule is O=C(NCc1cccc(Cl)c1F)c1cn2c(c(O)c1=O)C(=O)N1C3CCC(C3)OC1C2. The minimum atomic E-state index is -0.954. The van der Waals surface area contributed by atoms with Crippen LogP contribution in [-0.4, -0.2) is 44.8 Å². The number of nitrogens with one attached hydrogen (secondary N) is 1. The van der Waals surface area contributed by atoms with E-state index in [9.17, 15) is 23.9 Å². The van der Waals surface area contributed by atoms with E-state index in [1.165, 1.54) is 22.9 Å². The van der Waals surface area contributed by atoms with E-state index in [4.69, 9.17) is 16.3 Å². The summed E-state index contributed by atoms with van der Waals surface area (Å²) in [6.07, 6.45) is 3.24. The molecule has 8 nitrogen and oxygen atoms in total. The average Bonchev–Trinajstić information content (AvgIpc) is 3.12. The Bertz CT molecular complexity index is 1170. The number of carbonyl (C=O) groups excluding carboxylic acids is 2.